The van der Waals surface area contributed by atoms with E-state index in [1.807, 2.05) is 27.7 Å². The number of ether oxygens (including phenoxy) is 2. The van der Waals surface area contributed by atoms with Gasteiger partial charge in [0.2, 0.25) is 0 Å². The first kappa shape index (κ1) is 27.8. The third-order valence-electron chi connectivity index (χ3n) is 5.20. The quantitative estimate of drug-likeness (QED) is 0.325. The first-order chi connectivity index (χ1) is 15.9. The highest BCUT2D eigenvalue weighted by molar-refractivity contribution is 7.22. The fourth-order valence-electron chi connectivity index (χ4n) is 3.47. The topological polar surface area (TPSA) is 54.9 Å². The summed E-state index contributed by atoms with van der Waals surface area (Å²) in [6.45, 7) is 11.3. The number of thiazole rings is 1. The van der Waals surface area contributed by atoms with Gasteiger partial charge in [0.25, 0.3) is 5.91 Å². The van der Waals surface area contributed by atoms with E-state index in [0.717, 1.165) is 30.5 Å². The molecule has 0 aliphatic carbocycles. The number of aromatic nitrogens is 1. The van der Waals surface area contributed by atoms with Gasteiger partial charge in [-0.1, -0.05) is 25.2 Å². The van der Waals surface area contributed by atoms with Crippen molar-refractivity contribution in [1.29, 1.82) is 0 Å². The van der Waals surface area contributed by atoms with E-state index >= 15 is 0 Å². The van der Waals surface area contributed by atoms with Crippen LogP contribution in [0.3, 0.4) is 0 Å². The standard InChI is InChI=1S/C24H29F2N3O3S.ClH/c1-5-28(6-2)11-12-29(24-27-22-18(26)14-17(25)15-21(22)33-24)23(30)16-9-10-19(31-7-3)20(13-16)32-8-4;/h9-10,13-15H,5-8,11-12H2,1-4H3;1H. The van der Waals surface area contributed by atoms with Crippen LogP contribution in [-0.4, -0.2) is 55.2 Å². The number of hydrogen-bond donors (Lipinski definition) is 0. The third kappa shape index (κ3) is 6.34. The van der Waals surface area contributed by atoms with E-state index in [1.165, 1.54) is 11.0 Å². The van der Waals surface area contributed by atoms with Crippen LogP contribution >= 0.6 is 23.7 Å². The Morgan fingerprint density at radius 1 is 0.971 bits per heavy atom. The van der Waals surface area contributed by atoms with E-state index in [2.05, 4.69) is 9.88 Å². The highest BCUT2D eigenvalue weighted by Gasteiger charge is 2.24. The molecule has 0 bridgehead atoms. The van der Waals surface area contributed by atoms with Gasteiger partial charge in [-0.2, -0.15) is 0 Å². The minimum atomic E-state index is -0.747. The van der Waals surface area contributed by atoms with Crippen LogP contribution in [0.4, 0.5) is 13.9 Å². The molecule has 0 radical (unpaired) electrons. The van der Waals surface area contributed by atoms with Gasteiger partial charge in [0, 0.05) is 24.7 Å². The molecule has 0 unspecified atom stereocenters. The van der Waals surface area contributed by atoms with Crippen molar-refractivity contribution < 1.29 is 23.0 Å². The van der Waals surface area contributed by atoms with Crippen LogP contribution in [0.2, 0.25) is 0 Å². The van der Waals surface area contributed by atoms with Crippen LogP contribution in [-0.2, 0) is 0 Å². The molecule has 34 heavy (non-hydrogen) atoms. The summed E-state index contributed by atoms with van der Waals surface area (Å²) in [5, 5.41) is 0.318. The zero-order chi connectivity index (χ0) is 24.0. The summed E-state index contributed by atoms with van der Waals surface area (Å²) < 4.78 is 39.6. The monoisotopic (exact) mass is 513 g/mol. The molecular formula is C24H30ClF2N3O3S. The lowest BCUT2D eigenvalue weighted by atomic mass is 10.1. The Morgan fingerprint density at radius 2 is 1.65 bits per heavy atom. The van der Waals surface area contributed by atoms with E-state index in [9.17, 15) is 13.6 Å². The maximum absolute atomic E-state index is 14.3. The second kappa shape index (κ2) is 12.8. The molecule has 0 fully saturated rings. The highest BCUT2D eigenvalue weighted by atomic mass is 35.5. The van der Waals surface area contributed by atoms with Crippen molar-refractivity contribution in [1.82, 2.24) is 9.88 Å². The van der Waals surface area contributed by atoms with Gasteiger partial charge in [0.15, 0.2) is 22.4 Å². The fraction of sp³-hybridized carbons (Fsp3) is 0.417. The normalized spacial score (nSPS) is 10.9. The summed E-state index contributed by atoms with van der Waals surface area (Å²) in [6, 6.07) is 7.06. The summed E-state index contributed by atoms with van der Waals surface area (Å²) in [6.07, 6.45) is 0. The van der Waals surface area contributed by atoms with Gasteiger partial charge in [-0.15, -0.1) is 12.4 Å². The van der Waals surface area contributed by atoms with Gasteiger partial charge in [-0.05, 0) is 51.2 Å². The number of nitrogens with zero attached hydrogens (tertiary/aromatic N) is 3. The molecule has 2 aromatic carbocycles. The van der Waals surface area contributed by atoms with Crippen molar-refractivity contribution in [3.8, 4) is 11.5 Å². The molecule has 0 saturated heterocycles. The van der Waals surface area contributed by atoms with Crippen LogP contribution in [0.25, 0.3) is 10.2 Å². The number of fused-ring (bicyclic) bond motifs is 1. The number of likely N-dealkylation sites (N-methyl/N-ethyl adjacent to an activating group) is 1. The average molecular weight is 514 g/mol. The Hall–Kier alpha value is -2.49. The molecule has 0 aliphatic rings. The van der Waals surface area contributed by atoms with Crippen LogP contribution in [0, 0.1) is 11.6 Å². The minimum Gasteiger partial charge on any atom is -0.490 e. The summed E-state index contributed by atoms with van der Waals surface area (Å²) in [4.78, 5) is 21.6. The van der Waals surface area contributed by atoms with E-state index in [1.54, 1.807) is 18.2 Å². The van der Waals surface area contributed by atoms with Crippen molar-refractivity contribution in [2.75, 3.05) is 44.3 Å². The molecule has 0 spiro atoms. The maximum Gasteiger partial charge on any atom is 0.260 e. The lowest BCUT2D eigenvalue weighted by Crippen LogP contribution is -2.38. The molecule has 0 saturated carbocycles. The van der Waals surface area contributed by atoms with Crippen molar-refractivity contribution >= 4 is 45.0 Å². The van der Waals surface area contributed by atoms with Gasteiger partial charge in [-0.25, -0.2) is 13.8 Å². The van der Waals surface area contributed by atoms with Gasteiger partial charge in [-0.3, -0.25) is 9.69 Å². The van der Waals surface area contributed by atoms with Crippen LogP contribution in [0.1, 0.15) is 38.1 Å². The molecule has 0 atom stereocenters. The number of halogens is 3. The summed E-state index contributed by atoms with van der Waals surface area (Å²) >= 11 is 1.09. The number of carbonyl (C=O) groups is 1. The fourth-order valence-corrected chi connectivity index (χ4v) is 4.50. The molecule has 0 aliphatic heterocycles. The van der Waals surface area contributed by atoms with Crippen LogP contribution in [0.5, 0.6) is 11.5 Å². The Balaban J connectivity index is 0.00000408. The molecule has 1 amide bonds. The van der Waals surface area contributed by atoms with Gasteiger partial charge in [0.1, 0.15) is 11.3 Å². The predicted octanol–water partition coefficient (Wildman–Crippen LogP) is 5.78. The van der Waals surface area contributed by atoms with Crippen molar-refractivity contribution in [3.05, 3.63) is 47.5 Å². The van der Waals surface area contributed by atoms with Gasteiger partial charge < -0.3 is 14.4 Å². The molecule has 1 heterocycles. The predicted molar refractivity (Wildman–Crippen MR) is 135 cm³/mol. The average Bonchev–Trinajstić information content (AvgIpc) is 3.22. The summed E-state index contributed by atoms with van der Waals surface area (Å²) in [7, 11) is 0. The Labute approximate surface area is 208 Å². The largest absolute Gasteiger partial charge is 0.490 e. The number of anilines is 1. The maximum atomic E-state index is 14.3. The van der Waals surface area contributed by atoms with E-state index in [4.69, 9.17) is 9.47 Å². The number of rotatable bonds is 11. The zero-order valence-corrected chi connectivity index (χ0v) is 21.4. The molecular weight excluding hydrogens is 484 g/mol. The summed E-state index contributed by atoms with van der Waals surface area (Å²) in [5.41, 5.74) is 0.450. The first-order valence-electron chi connectivity index (χ1n) is 11.1. The Bertz CT molecular complexity index is 1110. The van der Waals surface area contributed by atoms with E-state index in [0.29, 0.717) is 53.2 Å². The van der Waals surface area contributed by atoms with Crippen molar-refractivity contribution in [2.24, 2.45) is 0 Å². The molecule has 3 aromatic rings. The third-order valence-corrected chi connectivity index (χ3v) is 6.23. The number of carbonyl (C=O) groups excluding carboxylic acids is 1. The first-order valence-corrected chi connectivity index (χ1v) is 11.9. The van der Waals surface area contributed by atoms with Crippen molar-refractivity contribution in [2.45, 2.75) is 27.7 Å². The molecule has 0 N–H and O–H groups in total. The van der Waals surface area contributed by atoms with Gasteiger partial charge in [0.05, 0.1) is 17.9 Å². The SMILES string of the molecule is CCOc1ccc(C(=O)N(CCN(CC)CC)c2nc3c(F)cc(F)cc3s2)cc1OCC.Cl. The van der Waals surface area contributed by atoms with E-state index in [-0.39, 0.29) is 23.8 Å². The zero-order valence-electron chi connectivity index (χ0n) is 19.8. The van der Waals surface area contributed by atoms with E-state index < -0.39 is 11.6 Å². The smallest absolute Gasteiger partial charge is 0.260 e. The van der Waals surface area contributed by atoms with Gasteiger partial charge >= 0.3 is 0 Å². The summed E-state index contributed by atoms with van der Waals surface area (Å²) in [5.74, 6) is -0.687. The van der Waals surface area contributed by atoms with Crippen molar-refractivity contribution in [3.63, 3.8) is 0 Å². The molecule has 6 nitrogen and oxygen atoms in total. The highest BCUT2D eigenvalue weighted by Crippen LogP contribution is 2.33. The number of benzene rings is 2. The lowest BCUT2D eigenvalue weighted by molar-refractivity contribution is 0.0983. The Kier molecular flexibility index (Phi) is 10.5. The number of hydrogen-bond acceptors (Lipinski definition) is 6. The molecule has 10 heteroatoms. The van der Waals surface area contributed by atoms with Crippen LogP contribution < -0.4 is 14.4 Å². The minimum absolute atomic E-state index is 0. The van der Waals surface area contributed by atoms with Crippen LogP contribution in [0.15, 0.2) is 30.3 Å². The molecule has 3 rings (SSSR count). The number of amides is 1. The molecule has 186 valence electrons. The Morgan fingerprint density at radius 3 is 2.29 bits per heavy atom. The second-order valence-corrected chi connectivity index (χ2v) is 8.25. The molecule has 1 aromatic heterocycles. The second-order valence-electron chi connectivity index (χ2n) is 7.24. The lowest BCUT2D eigenvalue weighted by Gasteiger charge is -2.25.